The van der Waals surface area contributed by atoms with Gasteiger partial charge in [0.15, 0.2) is 0 Å². The lowest BCUT2D eigenvalue weighted by Gasteiger charge is -2.29. The zero-order chi connectivity index (χ0) is 27.7. The number of hydrogen-bond acceptors (Lipinski definition) is 1. The zero-order valence-corrected chi connectivity index (χ0v) is 24.1. The largest absolute Gasteiger partial charge is 0.342 e. The van der Waals surface area contributed by atoms with Gasteiger partial charge in [0.2, 0.25) is 0 Å². The van der Waals surface area contributed by atoms with Crippen LogP contribution in [-0.4, -0.2) is 11.1 Å². The van der Waals surface area contributed by atoms with E-state index in [9.17, 15) is 0 Å². The molecule has 0 unspecified atom stereocenters. The first-order valence-electron chi connectivity index (χ1n) is 14.6. The fourth-order valence-electron chi connectivity index (χ4n) is 6.06. The molecule has 2 heteroatoms. The summed E-state index contributed by atoms with van der Waals surface area (Å²) in [5.41, 5.74) is 10.2. The van der Waals surface area contributed by atoms with E-state index in [0.29, 0.717) is 0 Å². The monoisotopic (exact) mass is 522 g/mol. The van der Waals surface area contributed by atoms with Crippen molar-refractivity contribution in [2.24, 2.45) is 0 Å². The molecule has 5 aromatic carbocycles. The van der Waals surface area contributed by atoms with Gasteiger partial charge in [-0.15, -0.1) is 0 Å². The zero-order valence-electron chi connectivity index (χ0n) is 24.1. The van der Waals surface area contributed by atoms with Gasteiger partial charge in [0.1, 0.15) is 0 Å². The number of fused-ring (bicyclic) bond motifs is 3. The average molecular weight is 523 g/mol. The summed E-state index contributed by atoms with van der Waals surface area (Å²) < 4.78 is 2.37. The second-order valence-electron chi connectivity index (χ2n) is 11.0. The smallest absolute Gasteiger partial charge is 0.0541 e. The Morgan fingerprint density at radius 1 is 0.575 bits per heavy atom. The van der Waals surface area contributed by atoms with Gasteiger partial charge in [0.05, 0.1) is 11.0 Å². The highest BCUT2D eigenvalue weighted by Gasteiger charge is 2.22. The fourth-order valence-corrected chi connectivity index (χ4v) is 6.06. The van der Waals surface area contributed by atoms with E-state index >= 15 is 0 Å². The van der Waals surface area contributed by atoms with Crippen LogP contribution in [0.15, 0.2) is 121 Å². The Hall–Kier alpha value is -4.30. The van der Waals surface area contributed by atoms with Crippen LogP contribution >= 0.6 is 0 Å². The van der Waals surface area contributed by atoms with Gasteiger partial charge in [-0.1, -0.05) is 87.5 Å². The molecule has 6 rings (SSSR count). The van der Waals surface area contributed by atoms with Gasteiger partial charge in [-0.2, -0.15) is 0 Å². The third kappa shape index (κ3) is 4.48. The maximum Gasteiger partial charge on any atom is 0.0541 e. The summed E-state index contributed by atoms with van der Waals surface area (Å²) in [6.45, 7) is 10.1. The van der Waals surface area contributed by atoms with Crippen molar-refractivity contribution in [3.63, 3.8) is 0 Å². The maximum atomic E-state index is 2.39. The molecule has 2 nitrogen and oxygen atoms in total. The Morgan fingerprint density at radius 2 is 1.15 bits per heavy atom. The number of benzene rings is 5. The Labute approximate surface area is 238 Å². The fraction of sp³-hybridized carbons (Fsp3) is 0.211. The molecule has 0 fully saturated rings. The molecule has 6 aromatic rings. The first-order chi connectivity index (χ1) is 19.6. The minimum absolute atomic E-state index is 0.242. The molecule has 0 aliphatic carbocycles. The van der Waals surface area contributed by atoms with Crippen LogP contribution in [0.3, 0.4) is 0 Å². The molecule has 0 saturated carbocycles. The van der Waals surface area contributed by atoms with Crippen LogP contribution in [0, 0.1) is 0 Å². The Bertz CT molecular complexity index is 1740. The number of aromatic nitrogens is 1. The lowest BCUT2D eigenvalue weighted by Crippen LogP contribution is -2.20. The van der Waals surface area contributed by atoms with E-state index < -0.39 is 0 Å². The number of anilines is 2. The van der Waals surface area contributed by atoms with Gasteiger partial charge >= 0.3 is 0 Å². The average Bonchev–Trinajstić information content (AvgIpc) is 3.36. The highest BCUT2D eigenvalue weighted by atomic mass is 15.1. The second kappa shape index (κ2) is 10.7. The van der Waals surface area contributed by atoms with E-state index in [0.717, 1.165) is 19.4 Å². The van der Waals surface area contributed by atoms with E-state index in [2.05, 4.69) is 158 Å². The van der Waals surface area contributed by atoms with Gasteiger partial charge in [-0.05, 0) is 96.5 Å². The first-order valence-corrected chi connectivity index (χ1v) is 14.6. The summed E-state index contributed by atoms with van der Waals surface area (Å²) in [4.78, 5) is 2.39. The highest BCUT2D eigenvalue weighted by Crippen LogP contribution is 2.36. The molecule has 0 radical (unpaired) electrons. The van der Waals surface area contributed by atoms with Crippen LogP contribution < -0.4 is 4.90 Å². The Morgan fingerprint density at radius 3 is 1.80 bits per heavy atom. The SMILES string of the molecule is CCN(c1ccc(-c2ccc3c(c2)c2ccccc2n3-c2ccccc2)cc1)c1ccc(C(C)(CC)CC)cc1. The van der Waals surface area contributed by atoms with Gasteiger partial charge < -0.3 is 9.47 Å². The maximum absolute atomic E-state index is 2.39. The Kier molecular flexibility index (Phi) is 6.94. The standard InChI is InChI=1S/C38H38N2/c1-5-38(4,6-2)30-20-24-32(25-21-30)39(7-3)31-22-17-28(18-23-31)29-19-26-37-35(27-29)34-15-11-12-16-36(34)40(37)33-13-9-8-10-14-33/h8-27H,5-7H2,1-4H3. The Balaban J connectivity index is 1.34. The summed E-state index contributed by atoms with van der Waals surface area (Å²) >= 11 is 0. The van der Waals surface area contributed by atoms with Gasteiger partial charge in [-0.3, -0.25) is 0 Å². The van der Waals surface area contributed by atoms with Crippen LogP contribution in [0.5, 0.6) is 0 Å². The van der Waals surface area contributed by atoms with E-state index in [1.165, 1.54) is 55.6 Å². The van der Waals surface area contributed by atoms with Crippen molar-refractivity contribution in [3.8, 4) is 16.8 Å². The third-order valence-corrected chi connectivity index (χ3v) is 8.95. The molecule has 0 atom stereocenters. The van der Waals surface area contributed by atoms with E-state index in [-0.39, 0.29) is 5.41 Å². The van der Waals surface area contributed by atoms with Crippen LogP contribution in [0.25, 0.3) is 38.6 Å². The van der Waals surface area contributed by atoms with Crippen LogP contribution in [0.1, 0.15) is 46.1 Å². The molecule has 0 amide bonds. The van der Waals surface area contributed by atoms with Crippen LogP contribution in [0.2, 0.25) is 0 Å². The first kappa shape index (κ1) is 26.0. The highest BCUT2D eigenvalue weighted by molar-refractivity contribution is 6.10. The quantitative estimate of drug-likeness (QED) is 0.193. The third-order valence-electron chi connectivity index (χ3n) is 8.95. The molecule has 0 aliphatic heterocycles. The molecule has 0 aliphatic rings. The minimum atomic E-state index is 0.242. The second-order valence-corrected chi connectivity index (χ2v) is 11.0. The molecule has 0 spiro atoms. The number of hydrogen-bond donors (Lipinski definition) is 0. The van der Waals surface area contributed by atoms with Crippen molar-refractivity contribution in [1.82, 2.24) is 4.57 Å². The van der Waals surface area contributed by atoms with Crippen molar-refractivity contribution in [2.75, 3.05) is 11.4 Å². The topological polar surface area (TPSA) is 8.17 Å². The predicted octanol–water partition coefficient (Wildman–Crippen LogP) is 10.7. The summed E-state index contributed by atoms with van der Waals surface area (Å²) in [5.74, 6) is 0. The number of rotatable bonds is 8. The van der Waals surface area contributed by atoms with E-state index in [1.807, 2.05) is 0 Å². The lowest BCUT2D eigenvalue weighted by molar-refractivity contribution is 0.439. The van der Waals surface area contributed by atoms with Crippen LogP contribution in [0.4, 0.5) is 11.4 Å². The van der Waals surface area contributed by atoms with Gasteiger partial charge in [-0.25, -0.2) is 0 Å². The molecule has 0 bridgehead atoms. The van der Waals surface area contributed by atoms with E-state index in [1.54, 1.807) is 0 Å². The number of para-hydroxylation sites is 2. The summed E-state index contributed by atoms with van der Waals surface area (Å²) in [7, 11) is 0. The van der Waals surface area contributed by atoms with Crippen molar-refractivity contribution in [1.29, 1.82) is 0 Å². The predicted molar refractivity (Wildman–Crippen MR) is 173 cm³/mol. The van der Waals surface area contributed by atoms with Gasteiger partial charge in [0.25, 0.3) is 0 Å². The molecule has 1 aromatic heterocycles. The molecule has 0 saturated heterocycles. The lowest BCUT2D eigenvalue weighted by atomic mass is 9.78. The molecular formula is C38H38N2. The number of nitrogens with zero attached hydrogens (tertiary/aromatic N) is 2. The summed E-state index contributed by atoms with van der Waals surface area (Å²) in [6, 6.07) is 44.5. The summed E-state index contributed by atoms with van der Waals surface area (Å²) in [5, 5.41) is 2.56. The van der Waals surface area contributed by atoms with Crippen molar-refractivity contribution in [3.05, 3.63) is 127 Å². The molecule has 0 N–H and O–H groups in total. The van der Waals surface area contributed by atoms with Crippen molar-refractivity contribution in [2.45, 2.75) is 46.0 Å². The van der Waals surface area contributed by atoms with Crippen LogP contribution in [-0.2, 0) is 5.41 Å². The molecule has 1 heterocycles. The summed E-state index contributed by atoms with van der Waals surface area (Å²) in [6.07, 6.45) is 2.31. The molecule has 200 valence electrons. The minimum Gasteiger partial charge on any atom is -0.342 e. The molecular weight excluding hydrogens is 484 g/mol. The normalized spacial score (nSPS) is 11.8. The van der Waals surface area contributed by atoms with Crippen molar-refractivity contribution >= 4 is 33.2 Å². The van der Waals surface area contributed by atoms with E-state index in [4.69, 9.17) is 0 Å². The molecule has 40 heavy (non-hydrogen) atoms. The van der Waals surface area contributed by atoms with Gasteiger partial charge in [0, 0.05) is 34.4 Å². The van der Waals surface area contributed by atoms with Crippen molar-refractivity contribution < 1.29 is 0 Å².